The molecule has 0 aromatic rings. The topological polar surface area (TPSA) is 95.5 Å². The van der Waals surface area contributed by atoms with Crippen molar-refractivity contribution >= 4 is 16.0 Å². The van der Waals surface area contributed by atoms with Crippen LogP contribution in [0.5, 0.6) is 0 Å². The van der Waals surface area contributed by atoms with Crippen molar-refractivity contribution in [1.82, 2.24) is 10.0 Å². The number of nitrogens with one attached hydrogen (secondary N) is 2. The van der Waals surface area contributed by atoms with Gasteiger partial charge in [0, 0.05) is 19.5 Å². The lowest BCUT2D eigenvalue weighted by atomic mass is 10.2. The van der Waals surface area contributed by atoms with Crippen LogP contribution in [0.25, 0.3) is 0 Å². The number of rotatable bonds is 9. The maximum absolute atomic E-state index is 10.6. The zero-order chi connectivity index (χ0) is 11.7. The fourth-order valence-electron chi connectivity index (χ4n) is 0.976. The number of hydrogen-bond donors (Lipinski definition) is 3. The first-order valence-electron chi connectivity index (χ1n) is 4.79. The first-order chi connectivity index (χ1) is 6.92. The molecule has 0 saturated carbocycles. The second-order valence-electron chi connectivity index (χ2n) is 3.27. The highest BCUT2D eigenvalue weighted by molar-refractivity contribution is 7.88. The van der Waals surface area contributed by atoms with Crippen molar-refractivity contribution in [1.29, 1.82) is 0 Å². The van der Waals surface area contributed by atoms with Gasteiger partial charge in [0.05, 0.1) is 6.26 Å². The van der Waals surface area contributed by atoms with Gasteiger partial charge in [0.2, 0.25) is 10.0 Å². The minimum Gasteiger partial charge on any atom is -0.481 e. The van der Waals surface area contributed by atoms with Crippen LogP contribution in [0.2, 0.25) is 0 Å². The van der Waals surface area contributed by atoms with Crippen LogP contribution >= 0.6 is 0 Å². The van der Waals surface area contributed by atoms with Gasteiger partial charge in [-0.15, -0.1) is 0 Å². The summed E-state index contributed by atoms with van der Waals surface area (Å²) < 4.78 is 23.6. The summed E-state index contributed by atoms with van der Waals surface area (Å²) in [5, 5.41) is 11.4. The number of hydrogen-bond acceptors (Lipinski definition) is 4. The van der Waals surface area contributed by atoms with E-state index in [4.69, 9.17) is 5.11 Å². The predicted molar refractivity (Wildman–Crippen MR) is 57.2 cm³/mol. The number of carboxylic acids is 1. The summed E-state index contributed by atoms with van der Waals surface area (Å²) in [6, 6.07) is 0. The molecule has 3 N–H and O–H groups in total. The Morgan fingerprint density at radius 1 is 1.20 bits per heavy atom. The van der Waals surface area contributed by atoms with E-state index in [1.54, 1.807) is 0 Å². The van der Waals surface area contributed by atoms with Crippen LogP contribution in [0, 0.1) is 0 Å². The molecule has 7 heteroatoms. The molecule has 0 fully saturated rings. The van der Waals surface area contributed by atoms with Crippen LogP contribution in [-0.2, 0) is 14.8 Å². The monoisotopic (exact) mass is 238 g/mol. The number of sulfonamides is 1. The Morgan fingerprint density at radius 2 is 1.87 bits per heavy atom. The Hall–Kier alpha value is -0.660. The average Bonchev–Trinajstić information content (AvgIpc) is 2.07. The molecule has 0 aromatic heterocycles. The summed E-state index contributed by atoms with van der Waals surface area (Å²) in [6.07, 6.45) is 2.72. The van der Waals surface area contributed by atoms with E-state index in [0.717, 1.165) is 12.7 Å². The van der Waals surface area contributed by atoms with Crippen LogP contribution in [0.15, 0.2) is 0 Å². The number of aliphatic carboxylic acids is 1. The zero-order valence-electron chi connectivity index (χ0n) is 8.82. The highest BCUT2D eigenvalue weighted by Crippen LogP contribution is 1.92. The third kappa shape index (κ3) is 13.3. The van der Waals surface area contributed by atoms with Gasteiger partial charge in [-0.1, -0.05) is 0 Å². The van der Waals surface area contributed by atoms with Gasteiger partial charge in [0.25, 0.3) is 0 Å². The van der Waals surface area contributed by atoms with Crippen molar-refractivity contribution in [3.63, 3.8) is 0 Å². The molecule has 0 atom stereocenters. The van der Waals surface area contributed by atoms with E-state index in [9.17, 15) is 13.2 Å². The summed E-state index contributed by atoms with van der Waals surface area (Å²) in [7, 11) is -3.10. The molecule has 90 valence electrons. The Labute approximate surface area is 90.1 Å². The van der Waals surface area contributed by atoms with Gasteiger partial charge in [-0.25, -0.2) is 13.1 Å². The van der Waals surface area contributed by atoms with E-state index in [2.05, 4.69) is 10.0 Å². The van der Waals surface area contributed by atoms with Crippen molar-refractivity contribution in [2.75, 3.05) is 25.9 Å². The molecular formula is C8H18N2O4S. The smallest absolute Gasteiger partial charge is 0.303 e. The third-order valence-electron chi connectivity index (χ3n) is 1.66. The van der Waals surface area contributed by atoms with Crippen molar-refractivity contribution in [3.05, 3.63) is 0 Å². The highest BCUT2D eigenvalue weighted by atomic mass is 32.2. The van der Waals surface area contributed by atoms with E-state index in [0.29, 0.717) is 26.1 Å². The van der Waals surface area contributed by atoms with Crippen LogP contribution < -0.4 is 10.0 Å². The van der Waals surface area contributed by atoms with Crippen LogP contribution in [-0.4, -0.2) is 45.4 Å². The number of carbonyl (C=O) groups is 1. The lowest BCUT2D eigenvalue weighted by Gasteiger charge is -2.04. The maximum Gasteiger partial charge on any atom is 0.303 e. The van der Waals surface area contributed by atoms with Gasteiger partial charge in [0.15, 0.2) is 0 Å². The van der Waals surface area contributed by atoms with Gasteiger partial charge < -0.3 is 10.4 Å². The molecule has 0 spiro atoms. The Morgan fingerprint density at radius 3 is 2.40 bits per heavy atom. The Kier molecular flexibility index (Phi) is 7.27. The fourth-order valence-corrected chi connectivity index (χ4v) is 1.45. The molecule has 0 aliphatic rings. The SMILES string of the molecule is CS(=O)(=O)NCCNCCCCC(=O)O. The van der Waals surface area contributed by atoms with Crippen molar-refractivity contribution in [3.8, 4) is 0 Å². The summed E-state index contributed by atoms with van der Waals surface area (Å²) in [5.41, 5.74) is 0. The van der Waals surface area contributed by atoms with Crippen LogP contribution in [0.3, 0.4) is 0 Å². The van der Waals surface area contributed by atoms with Crippen molar-refractivity contribution in [2.45, 2.75) is 19.3 Å². The summed E-state index contributed by atoms with van der Waals surface area (Å²) in [6.45, 7) is 1.62. The maximum atomic E-state index is 10.6. The second kappa shape index (κ2) is 7.61. The minimum atomic E-state index is -3.10. The Bertz CT molecular complexity index is 276. The molecule has 0 heterocycles. The quantitative estimate of drug-likeness (QED) is 0.465. The molecule has 6 nitrogen and oxygen atoms in total. The highest BCUT2D eigenvalue weighted by Gasteiger charge is 1.98. The summed E-state index contributed by atoms with van der Waals surface area (Å²) in [5.74, 6) is -0.784. The largest absolute Gasteiger partial charge is 0.481 e. The van der Waals surface area contributed by atoms with Crippen molar-refractivity contribution < 1.29 is 18.3 Å². The molecule has 0 rings (SSSR count). The molecule has 15 heavy (non-hydrogen) atoms. The molecule has 0 radical (unpaired) electrons. The molecular weight excluding hydrogens is 220 g/mol. The van der Waals surface area contributed by atoms with Gasteiger partial charge in [-0.2, -0.15) is 0 Å². The fraction of sp³-hybridized carbons (Fsp3) is 0.875. The van der Waals surface area contributed by atoms with E-state index >= 15 is 0 Å². The average molecular weight is 238 g/mol. The van der Waals surface area contributed by atoms with E-state index in [1.807, 2.05) is 0 Å². The summed E-state index contributed by atoms with van der Waals surface area (Å²) in [4.78, 5) is 10.1. The second-order valence-corrected chi connectivity index (χ2v) is 5.10. The molecule has 0 aliphatic carbocycles. The van der Waals surface area contributed by atoms with Gasteiger partial charge in [-0.3, -0.25) is 4.79 Å². The Balaban J connectivity index is 3.16. The first-order valence-corrected chi connectivity index (χ1v) is 6.68. The normalized spacial score (nSPS) is 11.5. The zero-order valence-corrected chi connectivity index (χ0v) is 9.64. The molecule has 0 bridgehead atoms. The summed E-state index contributed by atoms with van der Waals surface area (Å²) >= 11 is 0. The standard InChI is InChI=1S/C8H18N2O4S/c1-15(13,14)10-7-6-9-5-3-2-4-8(11)12/h9-10H,2-7H2,1H3,(H,11,12). The van der Waals surface area contributed by atoms with Crippen LogP contribution in [0.1, 0.15) is 19.3 Å². The minimum absolute atomic E-state index is 0.184. The number of unbranched alkanes of at least 4 members (excludes halogenated alkanes) is 1. The van der Waals surface area contributed by atoms with E-state index in [1.165, 1.54) is 0 Å². The van der Waals surface area contributed by atoms with Gasteiger partial charge in [-0.05, 0) is 19.4 Å². The number of carboxylic acid groups (broad SMARTS) is 1. The lowest BCUT2D eigenvalue weighted by molar-refractivity contribution is -0.137. The molecule has 0 saturated heterocycles. The molecule has 0 aromatic carbocycles. The van der Waals surface area contributed by atoms with E-state index < -0.39 is 16.0 Å². The predicted octanol–water partition coefficient (Wildman–Crippen LogP) is -0.620. The van der Waals surface area contributed by atoms with Crippen LogP contribution in [0.4, 0.5) is 0 Å². The lowest BCUT2D eigenvalue weighted by Crippen LogP contribution is -2.31. The van der Waals surface area contributed by atoms with E-state index in [-0.39, 0.29) is 6.42 Å². The molecule has 0 aliphatic heterocycles. The third-order valence-corrected chi connectivity index (χ3v) is 2.39. The molecule has 0 amide bonds. The van der Waals surface area contributed by atoms with Gasteiger partial charge >= 0.3 is 5.97 Å². The molecule has 0 unspecified atom stereocenters. The van der Waals surface area contributed by atoms with Crippen molar-refractivity contribution in [2.24, 2.45) is 0 Å². The van der Waals surface area contributed by atoms with Gasteiger partial charge in [0.1, 0.15) is 0 Å². The first kappa shape index (κ1) is 14.3.